The fourth-order valence-corrected chi connectivity index (χ4v) is 3.29. The first-order valence-corrected chi connectivity index (χ1v) is 7.64. The first-order chi connectivity index (χ1) is 10.6. The van der Waals surface area contributed by atoms with E-state index in [-0.39, 0.29) is 11.7 Å². The van der Waals surface area contributed by atoms with E-state index >= 15 is 0 Å². The van der Waals surface area contributed by atoms with E-state index in [1.54, 1.807) is 0 Å². The molecule has 0 N–H and O–H groups in total. The second kappa shape index (κ2) is 5.76. The zero-order chi connectivity index (χ0) is 15.7. The third-order valence-corrected chi connectivity index (χ3v) is 4.51. The Bertz CT molecular complexity index is 779. The predicted molar refractivity (Wildman–Crippen MR) is 91.2 cm³/mol. The van der Waals surface area contributed by atoms with Gasteiger partial charge in [0.2, 0.25) is 0 Å². The Morgan fingerprint density at radius 3 is 2.14 bits per heavy atom. The van der Waals surface area contributed by atoms with Gasteiger partial charge in [-0.1, -0.05) is 77.4 Å². The highest BCUT2D eigenvalue weighted by molar-refractivity contribution is 6.10. The van der Waals surface area contributed by atoms with E-state index in [0.29, 0.717) is 0 Å². The second-order valence-corrected chi connectivity index (χ2v) is 5.97. The van der Waals surface area contributed by atoms with Gasteiger partial charge in [0.25, 0.3) is 0 Å². The first-order valence-electron chi connectivity index (χ1n) is 7.64. The first kappa shape index (κ1) is 14.5. The van der Waals surface area contributed by atoms with Crippen LogP contribution in [0.15, 0.2) is 77.4 Å². The summed E-state index contributed by atoms with van der Waals surface area (Å²) in [6.07, 6.45) is 2.23. The third-order valence-electron chi connectivity index (χ3n) is 4.51. The molecule has 0 radical (unpaired) electrons. The molecule has 1 aliphatic carbocycles. The van der Waals surface area contributed by atoms with Crippen molar-refractivity contribution in [3.8, 4) is 0 Å². The number of hydrogen-bond donors (Lipinski definition) is 0. The molecule has 0 amide bonds. The third kappa shape index (κ3) is 2.43. The van der Waals surface area contributed by atoms with Gasteiger partial charge < -0.3 is 0 Å². The van der Waals surface area contributed by atoms with Crippen molar-refractivity contribution >= 4 is 5.78 Å². The molecule has 0 saturated carbocycles. The molecule has 0 aromatic heterocycles. The van der Waals surface area contributed by atoms with E-state index < -0.39 is 0 Å². The molecule has 1 heteroatoms. The quantitative estimate of drug-likeness (QED) is 0.701. The molecule has 0 bridgehead atoms. The van der Waals surface area contributed by atoms with Crippen LogP contribution in [0.5, 0.6) is 0 Å². The van der Waals surface area contributed by atoms with E-state index in [0.717, 1.165) is 16.7 Å². The molecule has 1 aliphatic rings. The van der Waals surface area contributed by atoms with Gasteiger partial charge >= 0.3 is 0 Å². The van der Waals surface area contributed by atoms with E-state index in [2.05, 4.69) is 32.9 Å². The Kier molecular flexibility index (Phi) is 3.81. The van der Waals surface area contributed by atoms with Gasteiger partial charge in [-0.3, -0.25) is 4.79 Å². The predicted octanol–water partition coefficient (Wildman–Crippen LogP) is 5.30. The maximum Gasteiger partial charge on any atom is 0.193 e. The summed E-state index contributed by atoms with van der Waals surface area (Å²) in [4.78, 5) is 12.9. The molecule has 0 heterocycles. The summed E-state index contributed by atoms with van der Waals surface area (Å²) < 4.78 is 0. The highest BCUT2D eigenvalue weighted by Crippen LogP contribution is 2.40. The Balaban J connectivity index is 2.09. The number of allylic oxidation sites excluding steroid dienone is 4. The van der Waals surface area contributed by atoms with Gasteiger partial charge in [-0.15, -0.1) is 0 Å². The largest absolute Gasteiger partial charge is 0.289 e. The number of rotatable bonds is 3. The fourth-order valence-electron chi connectivity index (χ4n) is 3.29. The molecule has 0 spiro atoms. The van der Waals surface area contributed by atoms with Crippen molar-refractivity contribution in [1.82, 2.24) is 0 Å². The Labute approximate surface area is 132 Å². The van der Waals surface area contributed by atoms with Gasteiger partial charge in [0.05, 0.1) is 0 Å². The van der Waals surface area contributed by atoms with E-state index in [1.165, 1.54) is 16.7 Å². The molecule has 1 nitrogen and oxygen atoms in total. The normalized spacial score (nSPS) is 17.6. The summed E-state index contributed by atoms with van der Waals surface area (Å²) >= 11 is 0. The Morgan fingerprint density at radius 2 is 1.50 bits per heavy atom. The monoisotopic (exact) mass is 288 g/mol. The van der Waals surface area contributed by atoms with E-state index in [4.69, 9.17) is 0 Å². The second-order valence-electron chi connectivity index (χ2n) is 5.97. The van der Waals surface area contributed by atoms with Crippen molar-refractivity contribution in [2.24, 2.45) is 0 Å². The average Bonchev–Trinajstić information content (AvgIpc) is 2.80. The van der Waals surface area contributed by atoms with Crippen molar-refractivity contribution in [3.63, 3.8) is 0 Å². The molecule has 0 fully saturated rings. The van der Waals surface area contributed by atoms with Crippen molar-refractivity contribution < 1.29 is 4.79 Å². The molecule has 1 unspecified atom stereocenters. The van der Waals surface area contributed by atoms with Crippen LogP contribution in [0, 0.1) is 0 Å². The standard InChI is InChI=1S/C21H20O/c1-14-13-15(2)20(16(14)3)18-11-7-8-12-19(18)21(22)17-9-5-4-6-10-17/h4-13,20H,1-3H3. The maximum atomic E-state index is 12.9. The van der Waals surface area contributed by atoms with Crippen LogP contribution in [0.3, 0.4) is 0 Å². The van der Waals surface area contributed by atoms with Crippen molar-refractivity contribution in [1.29, 1.82) is 0 Å². The lowest BCUT2D eigenvalue weighted by molar-refractivity contribution is 0.103. The minimum Gasteiger partial charge on any atom is -0.289 e. The van der Waals surface area contributed by atoms with Crippen LogP contribution in [0.2, 0.25) is 0 Å². The number of ketones is 1. The summed E-state index contributed by atoms with van der Waals surface area (Å²) in [5.74, 6) is 0.324. The minimum atomic E-state index is 0.0985. The zero-order valence-corrected chi connectivity index (χ0v) is 13.3. The molecule has 3 rings (SSSR count). The van der Waals surface area contributed by atoms with Crippen LogP contribution in [0.25, 0.3) is 0 Å². The van der Waals surface area contributed by atoms with Crippen LogP contribution in [-0.4, -0.2) is 5.78 Å². The van der Waals surface area contributed by atoms with Crippen LogP contribution >= 0.6 is 0 Å². The molecular formula is C21H20O. The molecule has 2 aromatic carbocycles. The zero-order valence-electron chi connectivity index (χ0n) is 13.3. The summed E-state index contributed by atoms with van der Waals surface area (Å²) in [5, 5.41) is 0. The van der Waals surface area contributed by atoms with Gasteiger partial charge in [0, 0.05) is 17.0 Å². The van der Waals surface area contributed by atoms with Crippen LogP contribution in [0.1, 0.15) is 48.2 Å². The molecular weight excluding hydrogens is 268 g/mol. The van der Waals surface area contributed by atoms with Crippen LogP contribution in [-0.2, 0) is 0 Å². The van der Waals surface area contributed by atoms with E-state index in [1.807, 2.05) is 48.5 Å². The lowest BCUT2D eigenvalue weighted by Gasteiger charge is -2.19. The number of benzene rings is 2. The molecule has 2 aromatic rings. The van der Waals surface area contributed by atoms with Crippen LogP contribution < -0.4 is 0 Å². The van der Waals surface area contributed by atoms with Gasteiger partial charge in [0.15, 0.2) is 5.78 Å². The fraction of sp³-hybridized carbons (Fsp3) is 0.190. The topological polar surface area (TPSA) is 17.1 Å². The van der Waals surface area contributed by atoms with Gasteiger partial charge in [-0.25, -0.2) is 0 Å². The summed E-state index contributed by atoms with van der Waals surface area (Å²) in [5.41, 5.74) is 6.62. The Hall–Kier alpha value is -2.41. The summed E-state index contributed by atoms with van der Waals surface area (Å²) in [7, 11) is 0. The summed E-state index contributed by atoms with van der Waals surface area (Å²) in [6, 6.07) is 17.5. The average molecular weight is 288 g/mol. The highest BCUT2D eigenvalue weighted by atomic mass is 16.1. The van der Waals surface area contributed by atoms with E-state index in [9.17, 15) is 4.79 Å². The number of hydrogen-bond acceptors (Lipinski definition) is 1. The lowest BCUT2D eigenvalue weighted by Crippen LogP contribution is -2.09. The van der Waals surface area contributed by atoms with Crippen LogP contribution in [0.4, 0.5) is 0 Å². The molecule has 0 aliphatic heterocycles. The number of carbonyl (C=O) groups excluding carboxylic acids is 1. The number of carbonyl (C=O) groups is 1. The van der Waals surface area contributed by atoms with Crippen molar-refractivity contribution in [2.45, 2.75) is 26.7 Å². The smallest absolute Gasteiger partial charge is 0.193 e. The summed E-state index contributed by atoms with van der Waals surface area (Å²) in [6.45, 7) is 6.45. The van der Waals surface area contributed by atoms with Crippen molar-refractivity contribution in [2.75, 3.05) is 0 Å². The van der Waals surface area contributed by atoms with Gasteiger partial charge in [-0.05, 0) is 26.3 Å². The molecule has 0 saturated heterocycles. The Morgan fingerprint density at radius 1 is 0.864 bits per heavy atom. The van der Waals surface area contributed by atoms with Gasteiger partial charge in [0.1, 0.15) is 0 Å². The van der Waals surface area contributed by atoms with Gasteiger partial charge in [-0.2, -0.15) is 0 Å². The SMILES string of the molecule is CC1=CC(C)=C(C)C1c1ccccc1C(=O)c1ccccc1. The molecule has 110 valence electrons. The minimum absolute atomic E-state index is 0.0985. The molecule has 22 heavy (non-hydrogen) atoms. The maximum absolute atomic E-state index is 12.9. The molecule has 1 atom stereocenters. The van der Waals surface area contributed by atoms with Crippen molar-refractivity contribution in [3.05, 3.63) is 94.1 Å². The lowest BCUT2D eigenvalue weighted by atomic mass is 9.84. The highest BCUT2D eigenvalue weighted by Gasteiger charge is 2.26.